The number of carbonyl (C=O) groups is 2. The smallest absolute Gasteiger partial charge is 0.249 e. The Morgan fingerprint density at radius 3 is 2.45 bits per heavy atom. The third kappa shape index (κ3) is 6.68. The fraction of sp³-hybridized carbons (Fsp3) is 0.400. The van der Waals surface area contributed by atoms with Gasteiger partial charge in [0.2, 0.25) is 11.8 Å². The number of carbonyl (C=O) groups excluding carboxylic acids is 2. The molecule has 0 bridgehead atoms. The summed E-state index contributed by atoms with van der Waals surface area (Å²) < 4.78 is 0. The fourth-order valence-electron chi connectivity index (χ4n) is 1.40. The molecule has 20 heavy (non-hydrogen) atoms. The predicted molar refractivity (Wildman–Crippen MR) is 79.4 cm³/mol. The van der Waals surface area contributed by atoms with Gasteiger partial charge in [0.05, 0.1) is 6.21 Å². The van der Waals surface area contributed by atoms with Crippen molar-refractivity contribution < 1.29 is 9.59 Å². The van der Waals surface area contributed by atoms with Crippen molar-refractivity contribution in [1.29, 1.82) is 0 Å². The van der Waals surface area contributed by atoms with E-state index < -0.39 is 5.91 Å². The van der Waals surface area contributed by atoms with Gasteiger partial charge >= 0.3 is 0 Å². The number of nitrogens with zero attached hydrogens (tertiary/aromatic N) is 1. The van der Waals surface area contributed by atoms with Gasteiger partial charge in [-0.05, 0) is 18.4 Å². The predicted octanol–water partition coefficient (Wildman–Crippen LogP) is 1.61. The van der Waals surface area contributed by atoms with Crippen molar-refractivity contribution in [2.45, 2.75) is 27.2 Å². The lowest BCUT2D eigenvalue weighted by Crippen LogP contribution is -2.32. The molecule has 0 unspecified atom stereocenters. The van der Waals surface area contributed by atoms with E-state index in [1.165, 1.54) is 0 Å². The maximum Gasteiger partial charge on any atom is 0.249 e. The van der Waals surface area contributed by atoms with Gasteiger partial charge in [-0.2, -0.15) is 5.10 Å². The van der Waals surface area contributed by atoms with Crippen LogP contribution in [0.25, 0.3) is 0 Å². The van der Waals surface area contributed by atoms with Crippen molar-refractivity contribution in [2.75, 3.05) is 6.54 Å². The van der Waals surface area contributed by atoms with E-state index in [9.17, 15) is 9.59 Å². The first kappa shape index (κ1) is 15.9. The van der Waals surface area contributed by atoms with E-state index in [4.69, 9.17) is 0 Å². The van der Waals surface area contributed by atoms with Gasteiger partial charge in [-0.1, -0.05) is 43.7 Å². The molecule has 5 heteroatoms. The fourth-order valence-corrected chi connectivity index (χ4v) is 1.40. The minimum absolute atomic E-state index is 0.210. The number of benzene rings is 1. The summed E-state index contributed by atoms with van der Waals surface area (Å²) >= 11 is 0. The van der Waals surface area contributed by atoms with Crippen LogP contribution in [0.3, 0.4) is 0 Å². The van der Waals surface area contributed by atoms with Gasteiger partial charge in [-0.25, -0.2) is 5.43 Å². The standard InChI is InChI=1S/C15H21N3O2/c1-11(2)9-16-14(19)8-15(20)18-17-10-13-6-4-12(3)5-7-13/h4-7,10-11H,8-9H2,1-3H3,(H,16,19)(H,18,20)/b17-10-. The van der Waals surface area contributed by atoms with E-state index in [0.29, 0.717) is 12.5 Å². The minimum atomic E-state index is -0.422. The van der Waals surface area contributed by atoms with E-state index in [1.54, 1.807) is 6.21 Å². The van der Waals surface area contributed by atoms with E-state index >= 15 is 0 Å². The van der Waals surface area contributed by atoms with Gasteiger partial charge in [0, 0.05) is 6.54 Å². The molecule has 0 radical (unpaired) electrons. The quantitative estimate of drug-likeness (QED) is 0.470. The zero-order chi connectivity index (χ0) is 15.0. The SMILES string of the molecule is Cc1ccc(/C=N\NC(=O)CC(=O)NCC(C)C)cc1. The van der Waals surface area contributed by atoms with Crippen LogP contribution in [-0.4, -0.2) is 24.6 Å². The lowest BCUT2D eigenvalue weighted by molar-refractivity contribution is -0.129. The highest BCUT2D eigenvalue weighted by Crippen LogP contribution is 1.99. The Bertz CT molecular complexity index is 478. The Morgan fingerprint density at radius 1 is 1.20 bits per heavy atom. The molecular weight excluding hydrogens is 254 g/mol. The van der Waals surface area contributed by atoms with Gasteiger partial charge in [-0.3, -0.25) is 9.59 Å². The van der Waals surface area contributed by atoms with Crippen molar-refractivity contribution in [3.8, 4) is 0 Å². The van der Waals surface area contributed by atoms with Gasteiger partial charge in [0.1, 0.15) is 6.42 Å². The molecule has 1 rings (SSSR count). The Hall–Kier alpha value is -2.17. The highest BCUT2D eigenvalue weighted by Gasteiger charge is 2.08. The summed E-state index contributed by atoms with van der Waals surface area (Å²) in [6.45, 7) is 6.55. The van der Waals surface area contributed by atoms with Gasteiger partial charge in [0.25, 0.3) is 0 Å². The molecular formula is C15H21N3O2. The summed E-state index contributed by atoms with van der Waals surface area (Å²) in [5.74, 6) is -0.349. The normalized spacial score (nSPS) is 10.8. The van der Waals surface area contributed by atoms with Crippen molar-refractivity contribution in [3.05, 3.63) is 35.4 Å². The van der Waals surface area contributed by atoms with Crippen LogP contribution in [0.1, 0.15) is 31.4 Å². The molecule has 0 atom stereocenters. The first-order valence-corrected chi connectivity index (χ1v) is 6.62. The van der Waals surface area contributed by atoms with E-state index in [2.05, 4.69) is 15.8 Å². The highest BCUT2D eigenvalue weighted by molar-refractivity contribution is 5.97. The van der Waals surface area contributed by atoms with Crippen LogP contribution >= 0.6 is 0 Å². The minimum Gasteiger partial charge on any atom is -0.355 e. The number of hydrogen-bond donors (Lipinski definition) is 2. The summed E-state index contributed by atoms with van der Waals surface area (Å²) in [6.07, 6.45) is 1.33. The Kier molecular flexibility index (Phi) is 6.43. The largest absolute Gasteiger partial charge is 0.355 e. The summed E-state index contributed by atoms with van der Waals surface area (Å²) in [5, 5.41) is 6.49. The van der Waals surface area contributed by atoms with Gasteiger partial charge in [-0.15, -0.1) is 0 Å². The molecule has 1 aromatic rings. The van der Waals surface area contributed by atoms with Crippen molar-refractivity contribution in [1.82, 2.24) is 10.7 Å². The molecule has 5 nitrogen and oxygen atoms in total. The summed E-state index contributed by atoms with van der Waals surface area (Å²) in [7, 11) is 0. The molecule has 1 aromatic carbocycles. The zero-order valence-corrected chi connectivity index (χ0v) is 12.1. The summed E-state index contributed by atoms with van der Waals surface area (Å²) in [6, 6.07) is 7.73. The average Bonchev–Trinajstić information content (AvgIpc) is 2.38. The monoisotopic (exact) mass is 275 g/mol. The van der Waals surface area contributed by atoms with Crippen LogP contribution in [0.5, 0.6) is 0 Å². The van der Waals surface area contributed by atoms with Crippen LogP contribution < -0.4 is 10.7 Å². The van der Waals surface area contributed by atoms with Crippen LogP contribution in [0.2, 0.25) is 0 Å². The maximum atomic E-state index is 11.5. The second kappa shape index (κ2) is 8.09. The number of rotatable bonds is 6. The molecule has 0 spiro atoms. The van der Waals surface area contributed by atoms with Gasteiger partial charge < -0.3 is 5.32 Å². The van der Waals surface area contributed by atoms with Crippen molar-refractivity contribution in [3.63, 3.8) is 0 Å². The molecule has 0 aliphatic carbocycles. The first-order valence-electron chi connectivity index (χ1n) is 6.62. The lowest BCUT2D eigenvalue weighted by atomic mass is 10.2. The molecule has 2 N–H and O–H groups in total. The summed E-state index contributed by atoms with van der Waals surface area (Å²) in [5.41, 5.74) is 4.38. The van der Waals surface area contributed by atoms with Crippen LogP contribution in [-0.2, 0) is 9.59 Å². The van der Waals surface area contributed by atoms with Crippen LogP contribution in [0, 0.1) is 12.8 Å². The molecule has 0 aromatic heterocycles. The van der Waals surface area contributed by atoms with E-state index in [-0.39, 0.29) is 12.3 Å². The molecule has 0 saturated carbocycles. The Morgan fingerprint density at radius 2 is 1.85 bits per heavy atom. The first-order chi connectivity index (χ1) is 9.47. The number of amides is 2. The van der Waals surface area contributed by atoms with E-state index in [1.807, 2.05) is 45.0 Å². The summed E-state index contributed by atoms with van der Waals surface area (Å²) in [4.78, 5) is 22.9. The molecule has 0 heterocycles. The third-order valence-corrected chi connectivity index (χ3v) is 2.51. The molecule has 108 valence electrons. The van der Waals surface area contributed by atoms with Crippen molar-refractivity contribution in [2.24, 2.45) is 11.0 Å². The van der Waals surface area contributed by atoms with Gasteiger partial charge in [0.15, 0.2) is 0 Å². The molecule has 0 saturated heterocycles. The molecule has 2 amide bonds. The molecule has 0 aliphatic heterocycles. The van der Waals surface area contributed by atoms with Crippen LogP contribution in [0.4, 0.5) is 0 Å². The van der Waals surface area contributed by atoms with Crippen LogP contribution in [0.15, 0.2) is 29.4 Å². The Labute approximate surface area is 119 Å². The maximum absolute atomic E-state index is 11.5. The zero-order valence-electron chi connectivity index (χ0n) is 12.1. The van der Waals surface area contributed by atoms with Crippen molar-refractivity contribution >= 4 is 18.0 Å². The molecule has 0 aliphatic rings. The highest BCUT2D eigenvalue weighted by atomic mass is 16.2. The number of hydrogen-bond acceptors (Lipinski definition) is 3. The third-order valence-electron chi connectivity index (χ3n) is 2.51. The van der Waals surface area contributed by atoms with E-state index in [0.717, 1.165) is 11.1 Å². The molecule has 0 fully saturated rings. The second-order valence-electron chi connectivity index (χ2n) is 5.08. The Balaban J connectivity index is 2.32. The number of aryl methyl sites for hydroxylation is 1. The number of nitrogens with one attached hydrogen (secondary N) is 2. The number of hydrazone groups is 1. The topological polar surface area (TPSA) is 70.6 Å². The average molecular weight is 275 g/mol. The second-order valence-corrected chi connectivity index (χ2v) is 5.08. The lowest BCUT2D eigenvalue weighted by Gasteiger charge is -2.06.